The minimum atomic E-state index is -0.446. The van der Waals surface area contributed by atoms with Crippen LogP contribution in [0.3, 0.4) is 0 Å². The molecule has 506 valence electrons. The first-order valence-electron chi connectivity index (χ1n) is 33.3. The van der Waals surface area contributed by atoms with E-state index in [-0.39, 0.29) is 109 Å². The molecule has 0 aliphatic rings. The third-order valence-electron chi connectivity index (χ3n) is 18.7. The van der Waals surface area contributed by atoms with Gasteiger partial charge in [-0.3, -0.25) is 0 Å². The molecule has 2 heterocycles. The van der Waals surface area contributed by atoms with E-state index in [1.54, 1.807) is 12.1 Å². The number of benzene rings is 8. The maximum Gasteiger partial charge on any atom is 0.147 e. The average Bonchev–Trinajstić information content (AvgIpc) is 1.61. The predicted octanol–water partition coefficient (Wildman–Crippen LogP) is 24.7. The van der Waals surface area contributed by atoms with E-state index in [2.05, 4.69) is 246 Å². The van der Waals surface area contributed by atoms with Gasteiger partial charge in [-0.15, -0.1) is 0 Å². The molecule has 0 amide bonds. The van der Waals surface area contributed by atoms with Gasteiger partial charge in [0.25, 0.3) is 0 Å². The van der Waals surface area contributed by atoms with E-state index < -0.39 is 11.6 Å². The first-order chi connectivity index (χ1) is 42.5. The summed E-state index contributed by atoms with van der Waals surface area (Å²) in [5, 5.41) is 30.5. The van der Waals surface area contributed by atoms with Gasteiger partial charge in [-0.2, -0.15) is 0 Å². The quantitative estimate of drug-likeness (QED) is 0.0610. The van der Waals surface area contributed by atoms with E-state index in [1.165, 1.54) is 46.5 Å². The largest absolute Gasteiger partial charge is 0.505 e. The maximum atomic E-state index is 16.0. The van der Waals surface area contributed by atoms with Crippen molar-refractivity contribution in [2.45, 2.75) is 210 Å². The number of phenolic OH excluding ortho intramolecular Hbond substituents is 2. The number of hydrogen-bond donors (Lipinski definition) is 2. The summed E-state index contributed by atoms with van der Waals surface area (Å²) >= 11 is 0. The fourth-order valence-corrected chi connectivity index (χ4v) is 14.3. The van der Waals surface area contributed by atoms with E-state index in [4.69, 9.17) is 9.47 Å². The number of ether oxygens (including phenoxy) is 2. The molecule has 10 rings (SSSR count). The van der Waals surface area contributed by atoms with Crippen molar-refractivity contribution >= 4 is 43.6 Å². The smallest absolute Gasteiger partial charge is 0.147 e. The van der Waals surface area contributed by atoms with Crippen LogP contribution in [0.2, 0.25) is 0 Å². The number of aromatic nitrogens is 2. The molecule has 0 aliphatic carbocycles. The number of fused-ring (bicyclic) bond motifs is 6. The first kappa shape index (κ1) is 75.7. The Kier molecular flexibility index (Phi) is 21.5. The molecule has 2 aromatic heterocycles. The molecule has 0 bridgehead atoms. The van der Waals surface area contributed by atoms with E-state index in [9.17, 15) is 10.2 Å². The van der Waals surface area contributed by atoms with Crippen LogP contribution < -0.4 is 9.47 Å². The van der Waals surface area contributed by atoms with E-state index in [0.29, 0.717) is 58.0 Å². The Balaban J connectivity index is 0.00000425. The van der Waals surface area contributed by atoms with Gasteiger partial charge in [0.1, 0.15) is 34.6 Å². The first-order valence-corrected chi connectivity index (χ1v) is 33.3. The van der Waals surface area contributed by atoms with Crippen molar-refractivity contribution in [3.05, 3.63) is 193 Å². The number of halogens is 2. The number of nitrogens with zero attached hydrogens (tertiary/aromatic N) is 2. The van der Waals surface area contributed by atoms with E-state index in [1.807, 2.05) is 12.1 Å². The van der Waals surface area contributed by atoms with E-state index in [0.717, 1.165) is 67.6 Å². The van der Waals surface area contributed by atoms with Crippen LogP contribution in [-0.2, 0) is 58.3 Å². The summed E-state index contributed by atoms with van der Waals surface area (Å²) in [6, 6.07) is 44.2. The molecule has 0 fully saturated rings. The van der Waals surface area contributed by atoms with Crippen molar-refractivity contribution in [2.24, 2.45) is 10.8 Å². The van der Waals surface area contributed by atoms with Crippen LogP contribution in [0.1, 0.15) is 211 Å². The summed E-state index contributed by atoms with van der Waals surface area (Å²) in [6.45, 7) is 49.7. The number of hydrogen-bond acceptors (Lipinski definition) is 4. The van der Waals surface area contributed by atoms with Crippen molar-refractivity contribution in [2.75, 3.05) is 13.2 Å². The Hall–Kier alpha value is -6.71. The Bertz CT molecular complexity index is 4030. The fraction of sp³-hybridized carbons (Fsp3) is 0.419. The second-order valence-corrected chi connectivity index (χ2v) is 34.3. The Morgan fingerprint density at radius 1 is 0.337 bits per heavy atom. The normalized spacial score (nSPS) is 12.9. The molecular weight excluding hydrogens is 1340 g/mol. The molecule has 95 heavy (non-hydrogen) atoms. The molecule has 0 radical (unpaired) electrons. The Morgan fingerprint density at radius 2 is 0.611 bits per heavy atom. The monoisotopic (exact) mass is 1450 g/mol. The molecule has 10 aromatic rings. The van der Waals surface area contributed by atoms with Crippen molar-refractivity contribution in [1.82, 2.24) is 9.13 Å². The van der Waals surface area contributed by atoms with Gasteiger partial charge >= 0.3 is 0 Å². The minimum Gasteiger partial charge on any atom is -0.505 e. The minimum absolute atomic E-state index is 0. The molecule has 0 unspecified atom stereocenters. The molecule has 0 aliphatic heterocycles. The molecule has 9 heteroatoms. The molecule has 6 nitrogen and oxygen atoms in total. The second-order valence-electron chi connectivity index (χ2n) is 34.3. The third kappa shape index (κ3) is 15.8. The van der Waals surface area contributed by atoms with Crippen molar-refractivity contribution < 1.29 is 54.3 Å². The van der Waals surface area contributed by atoms with Crippen LogP contribution in [0.15, 0.2) is 133 Å². The van der Waals surface area contributed by atoms with Crippen LogP contribution in [0.4, 0.5) is 8.78 Å². The molecule has 0 saturated carbocycles. The van der Waals surface area contributed by atoms with Crippen molar-refractivity contribution in [3.63, 3.8) is 0 Å². The van der Waals surface area contributed by atoms with Crippen LogP contribution in [0.5, 0.6) is 23.0 Å². The SMILES string of the molecule is CC(C)(C)CC(C)(C)c1cc(-c2cc(F)ccc2OCCCCOc2ccc(F)cc2-c2cc(C(C)(C)CC(C)(C)C)cc(-n3c4cc(C(C)(C)C)ccc4c4ccc(C(C)(C)C)cc43)c2O)c(O)c(-n2c3cc(C(C)(C)C)ccc3c3ccc(C(C)(C)C)cc32)c1.[CH3-].[CH3-].[Hf]. The molecule has 8 aromatic carbocycles. The zero-order chi connectivity index (χ0) is 67.4. The van der Waals surface area contributed by atoms with Gasteiger partial charge in [-0.1, -0.05) is 201 Å². The van der Waals surface area contributed by atoms with Gasteiger partial charge in [-0.25, -0.2) is 8.78 Å². The van der Waals surface area contributed by atoms with Gasteiger partial charge in [0, 0.05) is 69.6 Å². The summed E-state index contributed by atoms with van der Waals surface area (Å²) in [4.78, 5) is 0. The van der Waals surface area contributed by atoms with Crippen LogP contribution in [0.25, 0.3) is 77.2 Å². The summed E-state index contributed by atoms with van der Waals surface area (Å²) in [5.41, 5.74) is 12.4. The number of rotatable bonds is 15. The summed E-state index contributed by atoms with van der Waals surface area (Å²) in [7, 11) is 0. The van der Waals surface area contributed by atoms with Gasteiger partial charge in [0.05, 0.1) is 46.7 Å². The van der Waals surface area contributed by atoms with Gasteiger partial charge in [0.2, 0.25) is 0 Å². The standard InChI is InChI=1S/C84H102F2N2O4.2CH3.Hf/c1-77(2,3)49-83(19,20)55-39-65(75(89)71(45-55)87-67-41-51(79(7,8)9)25-31-59(67)60-32-26-52(42-68(60)87)80(10,11)12)63-47-57(85)29-35-73(63)91-37-23-24-38-92-74-36-30-58(86)48-64(74)66-40-56(84(21,22)50-78(4,5)6)46-72(76(66)90)88-69-43-53(81(13,14)15)27-33-61(69)62-34-28-54(44-70(62)88)82(16,17)18;;;/h25-36,39-48,89-90H,23-24,37-38,49-50H2,1-22H3;2*1H3;/q;2*-1;. The number of aromatic hydroxyl groups is 2. The fourth-order valence-electron chi connectivity index (χ4n) is 14.3. The predicted molar refractivity (Wildman–Crippen MR) is 398 cm³/mol. The van der Waals surface area contributed by atoms with E-state index >= 15 is 8.78 Å². The molecular formula is C86H108F2HfN2O4-2. The topological polar surface area (TPSA) is 68.8 Å². The van der Waals surface area contributed by atoms with Crippen LogP contribution in [0, 0.1) is 37.3 Å². The number of phenols is 2. The van der Waals surface area contributed by atoms with Crippen LogP contribution in [-0.4, -0.2) is 32.6 Å². The Morgan fingerprint density at radius 3 is 0.863 bits per heavy atom. The maximum absolute atomic E-state index is 16.0. The van der Waals surface area contributed by atoms with Crippen molar-refractivity contribution in [1.29, 1.82) is 0 Å². The molecule has 0 spiro atoms. The molecule has 2 N–H and O–H groups in total. The summed E-state index contributed by atoms with van der Waals surface area (Å²) in [6.07, 6.45) is 2.81. The summed E-state index contributed by atoms with van der Waals surface area (Å²) < 4.78 is 49.7. The van der Waals surface area contributed by atoms with Crippen LogP contribution >= 0.6 is 0 Å². The molecule has 0 atom stereocenters. The summed E-state index contributed by atoms with van der Waals surface area (Å²) in [5.74, 6) is 0.0560. The van der Waals surface area contributed by atoms with Crippen molar-refractivity contribution in [3.8, 4) is 56.6 Å². The average molecular weight is 1450 g/mol. The van der Waals surface area contributed by atoms with Gasteiger partial charge < -0.3 is 43.7 Å². The zero-order valence-corrected chi connectivity index (χ0v) is 65.4. The third-order valence-corrected chi connectivity index (χ3v) is 18.7. The zero-order valence-electron chi connectivity index (χ0n) is 61.8. The van der Waals surface area contributed by atoms with Gasteiger partial charge in [0.15, 0.2) is 0 Å². The van der Waals surface area contributed by atoms with Gasteiger partial charge in [-0.05, 0) is 187 Å². The second kappa shape index (κ2) is 27.0. The number of unbranched alkanes of at least 4 members (excludes halogenated alkanes) is 1. The Labute approximate surface area is 587 Å². The molecule has 0 saturated heterocycles.